The van der Waals surface area contributed by atoms with Crippen LogP contribution in [0.2, 0.25) is 0 Å². The summed E-state index contributed by atoms with van der Waals surface area (Å²) in [5, 5.41) is 2.62. The third kappa shape index (κ3) is 4.29. The van der Waals surface area contributed by atoms with Gasteiger partial charge in [0, 0.05) is 6.54 Å². The molecule has 1 N–H and O–H groups in total. The van der Waals surface area contributed by atoms with Gasteiger partial charge in [0.05, 0.1) is 6.61 Å². The molecular formula is C18H20N2O3S. The Bertz CT molecular complexity index is 697. The minimum absolute atomic E-state index is 0.0381. The molecule has 126 valence electrons. The highest BCUT2D eigenvalue weighted by Gasteiger charge is 2.32. The number of rotatable bonds is 7. The number of thiocarbonyl (C=S) groups is 1. The lowest BCUT2D eigenvalue weighted by Gasteiger charge is -2.27. The molecule has 1 saturated heterocycles. The second-order valence-corrected chi connectivity index (χ2v) is 5.68. The number of nitrogens with one attached hydrogen (secondary N) is 1. The summed E-state index contributed by atoms with van der Waals surface area (Å²) < 4.78 is 5.65. The number of carbonyl (C=O) groups excluding carboxylic acids is 2. The van der Waals surface area contributed by atoms with Crippen LogP contribution >= 0.6 is 12.2 Å². The van der Waals surface area contributed by atoms with E-state index in [1.165, 1.54) is 4.90 Å². The normalized spacial score (nSPS) is 16.3. The molecule has 1 aromatic carbocycles. The zero-order valence-corrected chi connectivity index (χ0v) is 14.4. The van der Waals surface area contributed by atoms with Crippen molar-refractivity contribution in [3.63, 3.8) is 0 Å². The highest BCUT2D eigenvalue weighted by atomic mass is 32.1. The summed E-state index contributed by atoms with van der Waals surface area (Å²) in [5.41, 5.74) is 0.755. The average Bonchev–Trinajstić information content (AvgIpc) is 2.56. The Morgan fingerprint density at radius 1 is 1.38 bits per heavy atom. The van der Waals surface area contributed by atoms with Crippen molar-refractivity contribution in [3.05, 3.63) is 48.1 Å². The van der Waals surface area contributed by atoms with E-state index in [9.17, 15) is 9.59 Å². The van der Waals surface area contributed by atoms with Gasteiger partial charge in [-0.2, -0.15) is 0 Å². The van der Waals surface area contributed by atoms with Crippen LogP contribution in [0.1, 0.15) is 25.3 Å². The minimum Gasteiger partial charge on any atom is -0.494 e. The molecule has 1 fully saturated rings. The zero-order valence-electron chi connectivity index (χ0n) is 13.6. The number of hydrogen-bond donors (Lipinski definition) is 1. The van der Waals surface area contributed by atoms with Crippen LogP contribution in [0.15, 0.2) is 42.5 Å². The van der Waals surface area contributed by atoms with Crippen LogP contribution in [0, 0.1) is 0 Å². The Hall–Kier alpha value is -2.47. The van der Waals surface area contributed by atoms with Gasteiger partial charge in [-0.25, -0.2) is 0 Å². The maximum atomic E-state index is 12.5. The highest BCUT2D eigenvalue weighted by Crippen LogP contribution is 2.19. The summed E-state index contributed by atoms with van der Waals surface area (Å²) in [7, 11) is 0. The Labute approximate surface area is 147 Å². The number of ether oxygens (including phenoxy) is 1. The zero-order chi connectivity index (χ0) is 17.5. The average molecular weight is 344 g/mol. The molecule has 2 amide bonds. The maximum Gasteiger partial charge on any atom is 0.265 e. The lowest BCUT2D eigenvalue weighted by atomic mass is 10.1. The van der Waals surface area contributed by atoms with Crippen molar-refractivity contribution >= 4 is 35.2 Å². The van der Waals surface area contributed by atoms with Gasteiger partial charge in [-0.1, -0.05) is 31.6 Å². The second-order valence-electron chi connectivity index (χ2n) is 5.30. The standard InChI is InChI=1S/C18H20N2O3S/c1-3-5-10-23-14-8-6-7-13(11-14)12-15-16(21)19-18(24)20(9-4-2)17(15)22/h4,6-8,11-12H,2-3,5,9-10H2,1H3,(H,19,21,24). The van der Waals surface area contributed by atoms with E-state index in [-0.39, 0.29) is 17.2 Å². The Kier molecular flexibility index (Phi) is 6.26. The third-order valence-electron chi connectivity index (χ3n) is 3.43. The maximum absolute atomic E-state index is 12.5. The largest absolute Gasteiger partial charge is 0.494 e. The molecular weight excluding hydrogens is 324 g/mol. The van der Waals surface area contributed by atoms with Crippen molar-refractivity contribution in [2.45, 2.75) is 19.8 Å². The van der Waals surface area contributed by atoms with E-state index in [0.717, 1.165) is 12.8 Å². The molecule has 1 aromatic rings. The van der Waals surface area contributed by atoms with Crippen LogP contribution < -0.4 is 10.1 Å². The number of hydrogen-bond acceptors (Lipinski definition) is 4. The van der Waals surface area contributed by atoms with Gasteiger partial charge in [0.15, 0.2) is 5.11 Å². The van der Waals surface area contributed by atoms with E-state index >= 15 is 0 Å². The van der Waals surface area contributed by atoms with Gasteiger partial charge >= 0.3 is 0 Å². The lowest BCUT2D eigenvalue weighted by molar-refractivity contribution is -0.128. The van der Waals surface area contributed by atoms with Crippen molar-refractivity contribution in [3.8, 4) is 5.75 Å². The number of benzene rings is 1. The molecule has 0 aliphatic carbocycles. The molecule has 2 rings (SSSR count). The van der Waals surface area contributed by atoms with Gasteiger partial charge in [0.25, 0.3) is 11.8 Å². The first-order valence-electron chi connectivity index (χ1n) is 7.79. The van der Waals surface area contributed by atoms with Crippen molar-refractivity contribution in [2.75, 3.05) is 13.2 Å². The van der Waals surface area contributed by atoms with E-state index in [4.69, 9.17) is 17.0 Å². The summed E-state index contributed by atoms with van der Waals surface area (Å²) in [5.74, 6) is -0.219. The quantitative estimate of drug-likeness (QED) is 0.272. The van der Waals surface area contributed by atoms with Gasteiger partial charge in [-0.15, -0.1) is 6.58 Å². The molecule has 1 aliphatic heterocycles. The smallest absolute Gasteiger partial charge is 0.265 e. The van der Waals surface area contributed by atoms with Crippen molar-refractivity contribution < 1.29 is 14.3 Å². The molecule has 0 spiro atoms. The number of unbranched alkanes of at least 4 members (excludes halogenated alkanes) is 1. The van der Waals surface area contributed by atoms with Crippen LogP contribution in [-0.4, -0.2) is 35.0 Å². The van der Waals surface area contributed by atoms with E-state index in [1.807, 2.05) is 18.2 Å². The summed E-state index contributed by atoms with van der Waals surface area (Å²) in [4.78, 5) is 25.9. The molecule has 24 heavy (non-hydrogen) atoms. The fourth-order valence-electron chi connectivity index (χ4n) is 2.18. The predicted octanol–water partition coefficient (Wildman–Crippen LogP) is 2.68. The summed E-state index contributed by atoms with van der Waals surface area (Å²) in [6.45, 7) is 6.57. The van der Waals surface area contributed by atoms with E-state index in [1.54, 1.807) is 18.2 Å². The van der Waals surface area contributed by atoms with E-state index in [2.05, 4.69) is 18.8 Å². The fraction of sp³-hybridized carbons (Fsp3) is 0.278. The summed E-state index contributed by atoms with van der Waals surface area (Å²) >= 11 is 5.02. The molecule has 0 bridgehead atoms. The first-order valence-corrected chi connectivity index (χ1v) is 8.20. The third-order valence-corrected chi connectivity index (χ3v) is 3.76. The number of amides is 2. The van der Waals surface area contributed by atoms with Crippen LogP contribution in [0.5, 0.6) is 5.75 Å². The molecule has 0 aromatic heterocycles. The highest BCUT2D eigenvalue weighted by molar-refractivity contribution is 7.80. The van der Waals surface area contributed by atoms with Crippen LogP contribution in [-0.2, 0) is 9.59 Å². The van der Waals surface area contributed by atoms with Crippen molar-refractivity contribution in [2.24, 2.45) is 0 Å². The van der Waals surface area contributed by atoms with Crippen LogP contribution in [0.25, 0.3) is 6.08 Å². The second kappa shape index (κ2) is 8.40. The Morgan fingerprint density at radius 3 is 2.88 bits per heavy atom. The van der Waals surface area contributed by atoms with Crippen LogP contribution in [0.3, 0.4) is 0 Å². The molecule has 1 aliphatic rings. The molecule has 0 unspecified atom stereocenters. The number of nitrogens with zero attached hydrogens (tertiary/aromatic N) is 1. The van der Waals surface area contributed by atoms with Gasteiger partial charge in [0.1, 0.15) is 11.3 Å². The van der Waals surface area contributed by atoms with Gasteiger partial charge in [-0.3, -0.25) is 19.8 Å². The van der Waals surface area contributed by atoms with E-state index in [0.29, 0.717) is 17.9 Å². The molecule has 0 atom stereocenters. The Morgan fingerprint density at radius 2 is 2.17 bits per heavy atom. The number of carbonyl (C=O) groups is 2. The summed E-state index contributed by atoms with van der Waals surface area (Å²) in [6, 6.07) is 7.28. The van der Waals surface area contributed by atoms with Gasteiger partial charge < -0.3 is 4.74 Å². The predicted molar refractivity (Wildman–Crippen MR) is 97.5 cm³/mol. The molecule has 5 nitrogen and oxygen atoms in total. The topological polar surface area (TPSA) is 58.6 Å². The van der Waals surface area contributed by atoms with E-state index < -0.39 is 11.8 Å². The van der Waals surface area contributed by atoms with Crippen molar-refractivity contribution in [1.82, 2.24) is 10.2 Å². The Balaban J connectivity index is 2.23. The summed E-state index contributed by atoms with van der Waals surface area (Å²) in [6.07, 6.45) is 5.13. The van der Waals surface area contributed by atoms with Gasteiger partial charge in [-0.05, 0) is 42.4 Å². The lowest BCUT2D eigenvalue weighted by Crippen LogP contribution is -2.53. The first kappa shape index (κ1) is 17.9. The first-order chi connectivity index (χ1) is 11.6. The fourth-order valence-corrected chi connectivity index (χ4v) is 2.43. The van der Waals surface area contributed by atoms with Crippen LogP contribution in [0.4, 0.5) is 0 Å². The molecule has 0 radical (unpaired) electrons. The van der Waals surface area contributed by atoms with Crippen molar-refractivity contribution in [1.29, 1.82) is 0 Å². The molecule has 1 heterocycles. The monoisotopic (exact) mass is 344 g/mol. The minimum atomic E-state index is -0.498. The van der Waals surface area contributed by atoms with Gasteiger partial charge in [0.2, 0.25) is 0 Å². The SMILES string of the molecule is C=CCN1C(=O)C(=Cc2cccc(OCCCC)c2)C(=O)NC1=S. The molecule has 0 saturated carbocycles. The molecule has 6 heteroatoms.